The molecular weight excluding hydrogens is 295 g/mol. The molecule has 3 rings (SSSR count). The Hall–Kier alpha value is -2.47. The SMILES string of the molecule is O=C(Cn1nnc2ccccc21)Nc1ccc(F)c(Cl)c1. The van der Waals surface area contributed by atoms with E-state index in [1.165, 1.54) is 22.9 Å². The van der Waals surface area contributed by atoms with Crippen molar-refractivity contribution in [2.45, 2.75) is 6.54 Å². The van der Waals surface area contributed by atoms with Gasteiger partial charge in [-0.3, -0.25) is 4.79 Å². The van der Waals surface area contributed by atoms with Crippen LogP contribution in [0.25, 0.3) is 11.0 Å². The van der Waals surface area contributed by atoms with Crippen molar-refractivity contribution >= 4 is 34.2 Å². The summed E-state index contributed by atoms with van der Waals surface area (Å²) in [5.41, 5.74) is 1.91. The minimum atomic E-state index is -0.531. The van der Waals surface area contributed by atoms with Gasteiger partial charge in [0.25, 0.3) is 0 Å². The fraction of sp³-hybridized carbons (Fsp3) is 0.0714. The van der Waals surface area contributed by atoms with Crippen LogP contribution in [0, 0.1) is 5.82 Å². The highest BCUT2D eigenvalue weighted by molar-refractivity contribution is 6.31. The number of hydrogen-bond donors (Lipinski definition) is 1. The minimum absolute atomic E-state index is 0.00943. The Morgan fingerprint density at radius 2 is 2.10 bits per heavy atom. The van der Waals surface area contributed by atoms with Crippen molar-refractivity contribution in [1.29, 1.82) is 0 Å². The molecular formula is C14H10ClFN4O. The van der Waals surface area contributed by atoms with Gasteiger partial charge < -0.3 is 5.32 Å². The maximum Gasteiger partial charge on any atom is 0.246 e. The first-order chi connectivity index (χ1) is 10.1. The number of amides is 1. The Bertz CT molecular complexity index is 818. The van der Waals surface area contributed by atoms with Gasteiger partial charge in [-0.15, -0.1) is 5.10 Å². The van der Waals surface area contributed by atoms with Gasteiger partial charge in [-0.05, 0) is 30.3 Å². The third kappa shape index (κ3) is 2.85. The molecule has 0 aliphatic rings. The zero-order valence-electron chi connectivity index (χ0n) is 10.8. The van der Waals surface area contributed by atoms with Crippen LogP contribution in [0.15, 0.2) is 42.5 Å². The summed E-state index contributed by atoms with van der Waals surface area (Å²) in [5.74, 6) is -0.828. The van der Waals surface area contributed by atoms with Crippen LogP contribution in [-0.2, 0) is 11.3 Å². The summed E-state index contributed by atoms with van der Waals surface area (Å²) in [6.45, 7) is 0.00943. The van der Waals surface area contributed by atoms with Gasteiger partial charge >= 0.3 is 0 Å². The molecule has 0 atom stereocenters. The molecule has 0 saturated heterocycles. The van der Waals surface area contributed by atoms with E-state index in [-0.39, 0.29) is 17.5 Å². The molecule has 1 N–H and O–H groups in total. The van der Waals surface area contributed by atoms with E-state index < -0.39 is 5.82 Å². The van der Waals surface area contributed by atoms with Crippen LogP contribution in [0.3, 0.4) is 0 Å². The first-order valence-electron chi connectivity index (χ1n) is 6.16. The highest BCUT2D eigenvalue weighted by Gasteiger charge is 2.09. The van der Waals surface area contributed by atoms with Crippen molar-refractivity contribution in [3.63, 3.8) is 0 Å². The first-order valence-corrected chi connectivity index (χ1v) is 6.54. The maximum atomic E-state index is 13.0. The Morgan fingerprint density at radius 1 is 1.29 bits per heavy atom. The summed E-state index contributed by atoms with van der Waals surface area (Å²) < 4.78 is 14.5. The smallest absolute Gasteiger partial charge is 0.246 e. The molecule has 0 fully saturated rings. The Balaban J connectivity index is 1.75. The van der Waals surface area contributed by atoms with Crippen LogP contribution >= 0.6 is 11.6 Å². The Morgan fingerprint density at radius 3 is 2.90 bits per heavy atom. The number of anilines is 1. The van der Waals surface area contributed by atoms with Crippen LogP contribution in [0.1, 0.15) is 0 Å². The van der Waals surface area contributed by atoms with Crippen molar-refractivity contribution in [2.75, 3.05) is 5.32 Å². The van der Waals surface area contributed by atoms with E-state index in [9.17, 15) is 9.18 Å². The van der Waals surface area contributed by atoms with Crippen LogP contribution in [0.2, 0.25) is 5.02 Å². The van der Waals surface area contributed by atoms with Crippen molar-refractivity contribution in [3.05, 3.63) is 53.3 Å². The van der Waals surface area contributed by atoms with E-state index in [1.54, 1.807) is 0 Å². The zero-order chi connectivity index (χ0) is 14.8. The van der Waals surface area contributed by atoms with Gasteiger partial charge in [0, 0.05) is 5.69 Å². The Labute approximate surface area is 124 Å². The van der Waals surface area contributed by atoms with E-state index in [0.717, 1.165) is 11.0 Å². The van der Waals surface area contributed by atoms with Gasteiger partial charge in [0.05, 0.1) is 10.5 Å². The third-order valence-corrected chi connectivity index (χ3v) is 3.21. The normalized spacial score (nSPS) is 10.8. The summed E-state index contributed by atoms with van der Waals surface area (Å²) >= 11 is 5.66. The molecule has 7 heteroatoms. The molecule has 1 heterocycles. The van der Waals surface area contributed by atoms with Crippen molar-refractivity contribution in [3.8, 4) is 0 Å². The number of benzene rings is 2. The average Bonchev–Trinajstić information content (AvgIpc) is 2.86. The molecule has 5 nitrogen and oxygen atoms in total. The van der Waals surface area contributed by atoms with Gasteiger partial charge in [-0.2, -0.15) is 0 Å². The number of nitrogens with zero attached hydrogens (tertiary/aromatic N) is 3. The lowest BCUT2D eigenvalue weighted by Gasteiger charge is -2.06. The maximum absolute atomic E-state index is 13.0. The molecule has 3 aromatic rings. The molecule has 1 amide bonds. The van der Waals surface area contributed by atoms with Gasteiger partial charge in [0.1, 0.15) is 17.9 Å². The number of aromatic nitrogens is 3. The quantitative estimate of drug-likeness (QED) is 0.809. The predicted octanol–water partition coefficient (Wildman–Crippen LogP) is 2.86. The number of carbonyl (C=O) groups excluding carboxylic acids is 1. The average molecular weight is 305 g/mol. The van der Waals surface area contributed by atoms with Crippen molar-refractivity contribution in [2.24, 2.45) is 0 Å². The number of fused-ring (bicyclic) bond motifs is 1. The second kappa shape index (κ2) is 5.49. The lowest BCUT2D eigenvalue weighted by molar-refractivity contribution is -0.116. The summed E-state index contributed by atoms with van der Waals surface area (Å²) in [5, 5.41) is 10.5. The molecule has 21 heavy (non-hydrogen) atoms. The van der Waals surface area contributed by atoms with E-state index in [0.29, 0.717) is 5.69 Å². The van der Waals surface area contributed by atoms with Gasteiger partial charge in [0.15, 0.2) is 0 Å². The number of halogens is 2. The lowest BCUT2D eigenvalue weighted by atomic mass is 10.3. The molecule has 0 unspecified atom stereocenters. The monoisotopic (exact) mass is 304 g/mol. The summed E-state index contributed by atoms with van der Waals surface area (Å²) in [7, 11) is 0. The highest BCUT2D eigenvalue weighted by atomic mass is 35.5. The topological polar surface area (TPSA) is 59.8 Å². The molecule has 0 aliphatic carbocycles. The van der Waals surface area contributed by atoms with Gasteiger partial charge in [-0.1, -0.05) is 28.9 Å². The second-order valence-electron chi connectivity index (χ2n) is 4.41. The molecule has 2 aromatic carbocycles. The van der Waals surface area contributed by atoms with Crippen molar-refractivity contribution in [1.82, 2.24) is 15.0 Å². The van der Waals surface area contributed by atoms with E-state index in [4.69, 9.17) is 11.6 Å². The van der Waals surface area contributed by atoms with Crippen LogP contribution in [-0.4, -0.2) is 20.9 Å². The standard InChI is InChI=1S/C14H10ClFN4O/c15-10-7-9(5-6-11(10)16)17-14(21)8-20-13-4-2-1-3-12(13)18-19-20/h1-7H,8H2,(H,17,21). The molecule has 0 aliphatic heterocycles. The number of rotatable bonds is 3. The number of carbonyl (C=O) groups is 1. The highest BCUT2D eigenvalue weighted by Crippen LogP contribution is 2.19. The summed E-state index contributed by atoms with van der Waals surface area (Å²) in [4.78, 5) is 12.0. The van der Waals surface area contributed by atoms with Crippen LogP contribution < -0.4 is 5.32 Å². The van der Waals surface area contributed by atoms with Crippen LogP contribution in [0.4, 0.5) is 10.1 Å². The van der Waals surface area contributed by atoms with E-state index in [2.05, 4.69) is 15.6 Å². The Kier molecular flexibility index (Phi) is 3.53. The number of hydrogen-bond acceptors (Lipinski definition) is 3. The number of para-hydroxylation sites is 1. The molecule has 0 bridgehead atoms. The van der Waals surface area contributed by atoms with E-state index >= 15 is 0 Å². The van der Waals surface area contributed by atoms with E-state index in [1.807, 2.05) is 24.3 Å². The minimum Gasteiger partial charge on any atom is -0.324 e. The molecule has 0 saturated carbocycles. The molecule has 106 valence electrons. The lowest BCUT2D eigenvalue weighted by Crippen LogP contribution is -2.19. The third-order valence-electron chi connectivity index (χ3n) is 2.92. The molecule has 1 aromatic heterocycles. The predicted molar refractivity (Wildman–Crippen MR) is 77.6 cm³/mol. The van der Waals surface area contributed by atoms with Crippen LogP contribution in [0.5, 0.6) is 0 Å². The second-order valence-corrected chi connectivity index (χ2v) is 4.82. The molecule has 0 spiro atoms. The number of nitrogens with one attached hydrogen (secondary N) is 1. The first kappa shape index (κ1) is 13.5. The molecule has 0 radical (unpaired) electrons. The summed E-state index contributed by atoms with van der Waals surface area (Å²) in [6, 6.07) is 11.3. The summed E-state index contributed by atoms with van der Waals surface area (Å²) in [6.07, 6.45) is 0. The fourth-order valence-electron chi connectivity index (χ4n) is 1.94. The van der Waals surface area contributed by atoms with Gasteiger partial charge in [-0.25, -0.2) is 9.07 Å². The zero-order valence-corrected chi connectivity index (χ0v) is 11.5. The van der Waals surface area contributed by atoms with Crippen molar-refractivity contribution < 1.29 is 9.18 Å². The largest absolute Gasteiger partial charge is 0.324 e. The fourth-order valence-corrected chi connectivity index (χ4v) is 2.13. The van der Waals surface area contributed by atoms with Gasteiger partial charge in [0.2, 0.25) is 5.91 Å².